The number of nitrogens with zero attached hydrogens (tertiary/aromatic N) is 1. The summed E-state index contributed by atoms with van der Waals surface area (Å²) in [6, 6.07) is 17.5. The highest BCUT2D eigenvalue weighted by atomic mass is 15.0. The second-order valence-corrected chi connectivity index (χ2v) is 6.29. The van der Waals surface area contributed by atoms with Crippen molar-refractivity contribution in [2.24, 2.45) is 0 Å². The van der Waals surface area contributed by atoms with E-state index < -0.39 is 0 Å². The predicted molar refractivity (Wildman–Crippen MR) is 104 cm³/mol. The minimum Gasteiger partial charge on any atom is -0.310 e. The van der Waals surface area contributed by atoms with Gasteiger partial charge in [-0.05, 0) is 60.7 Å². The van der Waals surface area contributed by atoms with E-state index in [9.17, 15) is 0 Å². The molecule has 0 spiro atoms. The molecule has 0 amide bonds. The van der Waals surface area contributed by atoms with Gasteiger partial charge in [0.15, 0.2) is 0 Å². The summed E-state index contributed by atoms with van der Waals surface area (Å²) in [6.07, 6.45) is 10.7. The molecule has 0 fully saturated rings. The zero-order valence-corrected chi connectivity index (χ0v) is 14.0. The Morgan fingerprint density at radius 1 is 1.12 bits per heavy atom. The Morgan fingerprint density at radius 3 is 2.75 bits per heavy atom. The Bertz CT molecular complexity index is 968. The van der Waals surface area contributed by atoms with Gasteiger partial charge in [0.05, 0.1) is 5.52 Å². The third-order valence-corrected chi connectivity index (χ3v) is 4.79. The van der Waals surface area contributed by atoms with Crippen molar-refractivity contribution in [3.63, 3.8) is 0 Å². The van der Waals surface area contributed by atoms with Crippen LogP contribution in [0.4, 0.5) is 0 Å². The molecule has 0 unspecified atom stereocenters. The highest BCUT2D eigenvalue weighted by molar-refractivity contribution is 5.92. The van der Waals surface area contributed by atoms with Crippen LogP contribution in [0.1, 0.15) is 30.2 Å². The number of aromatic nitrogens is 1. The summed E-state index contributed by atoms with van der Waals surface area (Å²) in [6.45, 7) is 5.95. The first-order chi connectivity index (χ1) is 11.8. The standard InChI is InChI=1S/C23H21N/c1-3-9-17(2)18-14-15-21-20-12-7-8-13-22(20)24(23(21)16-18)19-10-5-4-6-11-19/h3-6,8-11,13-16H,1,7,12H2,2H3/b17-9+. The molecule has 0 aliphatic heterocycles. The molecule has 4 rings (SSSR count). The SMILES string of the molecule is C=C/C=C(\C)c1ccc2c3c(n(-c4ccccc4)c2c1)C=CCC3. The zero-order chi connectivity index (χ0) is 16.5. The molecule has 0 N–H and O–H groups in total. The van der Waals surface area contributed by atoms with Gasteiger partial charge in [0, 0.05) is 16.8 Å². The van der Waals surface area contributed by atoms with Gasteiger partial charge in [-0.3, -0.25) is 0 Å². The van der Waals surface area contributed by atoms with Gasteiger partial charge in [0.25, 0.3) is 0 Å². The Balaban J connectivity index is 2.05. The summed E-state index contributed by atoms with van der Waals surface area (Å²) < 4.78 is 2.39. The van der Waals surface area contributed by atoms with Gasteiger partial charge < -0.3 is 4.57 Å². The second-order valence-electron chi connectivity index (χ2n) is 6.29. The van der Waals surface area contributed by atoms with Gasteiger partial charge in [0.2, 0.25) is 0 Å². The van der Waals surface area contributed by atoms with Crippen molar-refractivity contribution in [1.29, 1.82) is 0 Å². The van der Waals surface area contributed by atoms with Crippen LogP contribution in [-0.4, -0.2) is 4.57 Å². The van der Waals surface area contributed by atoms with Crippen molar-refractivity contribution in [3.05, 3.63) is 90.2 Å². The average Bonchev–Trinajstić information content (AvgIpc) is 2.96. The van der Waals surface area contributed by atoms with Gasteiger partial charge in [-0.1, -0.05) is 55.1 Å². The zero-order valence-electron chi connectivity index (χ0n) is 14.0. The summed E-state index contributed by atoms with van der Waals surface area (Å²) in [4.78, 5) is 0. The summed E-state index contributed by atoms with van der Waals surface area (Å²) in [7, 11) is 0. The van der Waals surface area contributed by atoms with Crippen molar-refractivity contribution in [2.75, 3.05) is 0 Å². The summed E-state index contributed by atoms with van der Waals surface area (Å²) >= 11 is 0. The van der Waals surface area contributed by atoms with Crippen LogP contribution in [0.5, 0.6) is 0 Å². The van der Waals surface area contributed by atoms with E-state index in [1.807, 2.05) is 6.08 Å². The second kappa shape index (κ2) is 6.01. The molecule has 1 nitrogen and oxygen atoms in total. The Labute approximate surface area is 143 Å². The van der Waals surface area contributed by atoms with Crippen LogP contribution >= 0.6 is 0 Å². The highest BCUT2D eigenvalue weighted by Gasteiger charge is 2.18. The van der Waals surface area contributed by atoms with Crippen molar-refractivity contribution in [2.45, 2.75) is 19.8 Å². The predicted octanol–water partition coefficient (Wildman–Crippen LogP) is 6.18. The molecule has 1 aliphatic rings. The number of hydrogen-bond acceptors (Lipinski definition) is 0. The number of hydrogen-bond donors (Lipinski definition) is 0. The fraction of sp³-hybridized carbons (Fsp3) is 0.130. The van der Waals surface area contributed by atoms with E-state index in [0.717, 1.165) is 12.8 Å². The van der Waals surface area contributed by atoms with Crippen LogP contribution in [0, 0.1) is 0 Å². The van der Waals surface area contributed by atoms with Gasteiger partial charge in [-0.25, -0.2) is 0 Å². The molecule has 3 aromatic rings. The number of benzene rings is 2. The average molecular weight is 311 g/mol. The Kier molecular flexibility index (Phi) is 3.70. The van der Waals surface area contributed by atoms with Gasteiger partial charge in [0.1, 0.15) is 0 Å². The molecule has 0 radical (unpaired) electrons. The van der Waals surface area contributed by atoms with E-state index in [2.05, 4.69) is 84.8 Å². The van der Waals surface area contributed by atoms with Crippen molar-refractivity contribution >= 4 is 22.6 Å². The molecular formula is C23H21N. The van der Waals surface area contributed by atoms with Crippen LogP contribution < -0.4 is 0 Å². The van der Waals surface area contributed by atoms with E-state index in [0.29, 0.717) is 0 Å². The summed E-state index contributed by atoms with van der Waals surface area (Å²) in [5.41, 5.74) is 7.78. The van der Waals surface area contributed by atoms with Crippen molar-refractivity contribution < 1.29 is 0 Å². The fourth-order valence-electron chi connectivity index (χ4n) is 3.61. The molecule has 1 aromatic heterocycles. The third kappa shape index (κ3) is 2.33. The Hall–Kier alpha value is -2.80. The molecule has 0 atom stereocenters. The van der Waals surface area contributed by atoms with Crippen molar-refractivity contribution in [1.82, 2.24) is 4.57 Å². The molecule has 0 bridgehead atoms. The van der Waals surface area contributed by atoms with Gasteiger partial charge >= 0.3 is 0 Å². The van der Waals surface area contributed by atoms with Crippen LogP contribution in [0.3, 0.4) is 0 Å². The van der Waals surface area contributed by atoms with E-state index in [1.165, 1.54) is 39.0 Å². The number of para-hydroxylation sites is 1. The minimum absolute atomic E-state index is 1.11. The van der Waals surface area contributed by atoms with Gasteiger partial charge in [-0.15, -0.1) is 0 Å². The molecule has 0 saturated heterocycles. The molecular weight excluding hydrogens is 290 g/mol. The largest absolute Gasteiger partial charge is 0.310 e. The maximum absolute atomic E-state index is 3.82. The third-order valence-electron chi connectivity index (χ3n) is 4.79. The van der Waals surface area contributed by atoms with E-state index >= 15 is 0 Å². The molecule has 24 heavy (non-hydrogen) atoms. The van der Waals surface area contributed by atoms with E-state index in [-0.39, 0.29) is 0 Å². The quantitative estimate of drug-likeness (QED) is 0.509. The molecule has 0 saturated carbocycles. The summed E-state index contributed by atoms with van der Waals surface area (Å²) in [5, 5.41) is 1.37. The summed E-state index contributed by atoms with van der Waals surface area (Å²) in [5.74, 6) is 0. The van der Waals surface area contributed by atoms with Crippen LogP contribution in [0.25, 0.3) is 28.2 Å². The van der Waals surface area contributed by atoms with Crippen molar-refractivity contribution in [3.8, 4) is 5.69 Å². The first kappa shape index (κ1) is 14.8. The number of fused-ring (bicyclic) bond motifs is 3. The molecule has 1 heterocycles. The molecule has 1 heteroatoms. The van der Waals surface area contributed by atoms with Crippen LogP contribution in [0.2, 0.25) is 0 Å². The lowest BCUT2D eigenvalue weighted by atomic mass is 9.99. The van der Waals surface area contributed by atoms with Crippen LogP contribution in [0.15, 0.2) is 73.3 Å². The fourth-order valence-corrected chi connectivity index (χ4v) is 3.61. The van der Waals surface area contributed by atoms with Crippen LogP contribution in [-0.2, 0) is 6.42 Å². The number of aryl methyl sites for hydroxylation is 1. The molecule has 118 valence electrons. The maximum Gasteiger partial charge on any atom is 0.0543 e. The lowest BCUT2D eigenvalue weighted by Crippen LogP contribution is -1.99. The molecule has 2 aromatic carbocycles. The first-order valence-corrected chi connectivity index (χ1v) is 8.48. The molecule has 1 aliphatic carbocycles. The topological polar surface area (TPSA) is 4.93 Å². The van der Waals surface area contributed by atoms with E-state index in [4.69, 9.17) is 0 Å². The maximum atomic E-state index is 3.82. The minimum atomic E-state index is 1.11. The smallest absolute Gasteiger partial charge is 0.0543 e. The monoisotopic (exact) mass is 311 g/mol. The van der Waals surface area contributed by atoms with Gasteiger partial charge in [-0.2, -0.15) is 0 Å². The highest BCUT2D eigenvalue weighted by Crippen LogP contribution is 2.35. The van der Waals surface area contributed by atoms with E-state index in [1.54, 1.807) is 0 Å². The lowest BCUT2D eigenvalue weighted by Gasteiger charge is -2.12. The normalized spacial score (nSPS) is 14.0. The number of rotatable bonds is 3. The number of allylic oxidation sites excluding steroid dienone is 4. The lowest BCUT2D eigenvalue weighted by molar-refractivity contribution is 0.967. The Morgan fingerprint density at radius 2 is 1.96 bits per heavy atom. The first-order valence-electron chi connectivity index (χ1n) is 8.48.